The van der Waals surface area contributed by atoms with Crippen molar-refractivity contribution in [2.45, 2.75) is 26.8 Å². The number of rotatable bonds is 2. The Morgan fingerprint density at radius 3 is 2.83 bits per heavy atom. The highest BCUT2D eigenvalue weighted by molar-refractivity contribution is 6.31. The van der Waals surface area contributed by atoms with E-state index in [1.807, 2.05) is 18.7 Å². The van der Waals surface area contributed by atoms with Crippen LogP contribution in [0.15, 0.2) is 0 Å². The lowest BCUT2D eigenvalue weighted by atomic mass is 10.3. The van der Waals surface area contributed by atoms with Crippen LogP contribution in [0.1, 0.15) is 17.8 Å². The van der Waals surface area contributed by atoms with E-state index in [4.69, 9.17) is 11.6 Å². The largest absolute Gasteiger partial charge is 0.340 e. The van der Waals surface area contributed by atoms with Gasteiger partial charge in [-0.25, -0.2) is 0 Å². The maximum Gasteiger partial charge on any atom is 0.244 e. The number of hydrogen-bond acceptors (Lipinski definition) is 3. The Kier molecular flexibility index (Phi) is 4.24. The van der Waals surface area contributed by atoms with Crippen LogP contribution >= 0.6 is 11.6 Å². The second kappa shape index (κ2) is 5.71. The van der Waals surface area contributed by atoms with Crippen molar-refractivity contribution < 1.29 is 4.79 Å². The first-order valence-corrected chi connectivity index (χ1v) is 6.65. The molecule has 6 heteroatoms. The third kappa shape index (κ3) is 2.84. The molecular formula is C12H19ClN4O. The summed E-state index contributed by atoms with van der Waals surface area (Å²) < 4.78 is 1.69. The van der Waals surface area contributed by atoms with Crippen LogP contribution in [-0.4, -0.2) is 46.8 Å². The Bertz CT molecular complexity index is 436. The van der Waals surface area contributed by atoms with Crippen LogP contribution in [-0.2, 0) is 11.3 Å². The van der Waals surface area contributed by atoms with E-state index in [0.717, 1.165) is 44.0 Å². The van der Waals surface area contributed by atoms with Gasteiger partial charge in [-0.1, -0.05) is 11.6 Å². The van der Waals surface area contributed by atoms with Crippen LogP contribution in [0.3, 0.4) is 0 Å². The quantitative estimate of drug-likeness (QED) is 0.871. The van der Waals surface area contributed by atoms with Crippen molar-refractivity contribution >= 4 is 17.5 Å². The number of carbonyl (C=O) groups excluding carboxylic acids is 1. The number of amides is 1. The first-order valence-electron chi connectivity index (χ1n) is 6.27. The number of carbonyl (C=O) groups is 1. The third-order valence-corrected chi connectivity index (χ3v) is 3.82. The van der Waals surface area contributed by atoms with Gasteiger partial charge in [0.25, 0.3) is 0 Å². The molecule has 1 N–H and O–H groups in total. The predicted molar refractivity (Wildman–Crippen MR) is 70.8 cm³/mol. The molecule has 1 fully saturated rings. The van der Waals surface area contributed by atoms with Gasteiger partial charge >= 0.3 is 0 Å². The minimum Gasteiger partial charge on any atom is -0.340 e. The van der Waals surface area contributed by atoms with E-state index < -0.39 is 0 Å². The lowest BCUT2D eigenvalue weighted by Gasteiger charge is -2.20. The summed E-state index contributed by atoms with van der Waals surface area (Å²) in [6.07, 6.45) is 1.00. The number of hydrogen-bond donors (Lipinski definition) is 1. The Hall–Kier alpha value is -1.07. The number of nitrogens with one attached hydrogen (secondary N) is 1. The molecule has 0 atom stereocenters. The fourth-order valence-electron chi connectivity index (χ4n) is 2.15. The van der Waals surface area contributed by atoms with E-state index in [1.165, 1.54) is 0 Å². The molecular weight excluding hydrogens is 252 g/mol. The molecule has 0 spiro atoms. The molecule has 0 bridgehead atoms. The van der Waals surface area contributed by atoms with Gasteiger partial charge in [0.1, 0.15) is 6.54 Å². The second-order valence-electron chi connectivity index (χ2n) is 4.63. The van der Waals surface area contributed by atoms with Crippen molar-refractivity contribution in [3.8, 4) is 0 Å². The second-order valence-corrected chi connectivity index (χ2v) is 5.00. The Labute approximate surface area is 112 Å². The minimum absolute atomic E-state index is 0.112. The van der Waals surface area contributed by atoms with E-state index in [1.54, 1.807) is 4.68 Å². The topological polar surface area (TPSA) is 50.2 Å². The summed E-state index contributed by atoms with van der Waals surface area (Å²) in [5.41, 5.74) is 1.63. The zero-order valence-corrected chi connectivity index (χ0v) is 11.6. The standard InChI is InChI=1S/C12H19ClN4O/c1-9-12(13)10(2)17(15-9)8-11(18)16-6-3-4-14-5-7-16/h14H,3-8H2,1-2H3. The van der Waals surface area contributed by atoms with Gasteiger partial charge in [-0.3, -0.25) is 9.48 Å². The van der Waals surface area contributed by atoms with Gasteiger partial charge in [0, 0.05) is 19.6 Å². The molecule has 18 heavy (non-hydrogen) atoms. The number of nitrogens with zero attached hydrogens (tertiary/aromatic N) is 3. The number of aryl methyl sites for hydroxylation is 1. The van der Waals surface area contributed by atoms with E-state index >= 15 is 0 Å². The maximum atomic E-state index is 12.2. The molecule has 2 rings (SSSR count). The van der Waals surface area contributed by atoms with E-state index in [0.29, 0.717) is 5.02 Å². The molecule has 1 amide bonds. The highest BCUT2D eigenvalue weighted by atomic mass is 35.5. The summed E-state index contributed by atoms with van der Waals surface area (Å²) in [4.78, 5) is 14.1. The van der Waals surface area contributed by atoms with Crippen molar-refractivity contribution in [2.24, 2.45) is 0 Å². The van der Waals surface area contributed by atoms with Crippen molar-refractivity contribution in [1.82, 2.24) is 20.0 Å². The van der Waals surface area contributed by atoms with Gasteiger partial charge in [0.05, 0.1) is 16.4 Å². The SMILES string of the molecule is Cc1nn(CC(=O)N2CCCNCC2)c(C)c1Cl. The molecule has 1 aliphatic heterocycles. The Morgan fingerprint density at radius 1 is 1.39 bits per heavy atom. The van der Waals surface area contributed by atoms with Crippen molar-refractivity contribution in [3.05, 3.63) is 16.4 Å². The monoisotopic (exact) mass is 270 g/mol. The van der Waals surface area contributed by atoms with E-state index in [-0.39, 0.29) is 12.5 Å². The first-order chi connectivity index (χ1) is 8.59. The molecule has 5 nitrogen and oxygen atoms in total. The molecule has 0 radical (unpaired) electrons. The fraction of sp³-hybridized carbons (Fsp3) is 0.667. The molecule has 0 unspecified atom stereocenters. The van der Waals surface area contributed by atoms with E-state index in [2.05, 4.69) is 10.4 Å². The van der Waals surface area contributed by atoms with Crippen LogP contribution in [0.25, 0.3) is 0 Å². The zero-order chi connectivity index (χ0) is 13.1. The van der Waals surface area contributed by atoms with Crippen LogP contribution in [0, 0.1) is 13.8 Å². The third-order valence-electron chi connectivity index (χ3n) is 3.27. The molecule has 0 aromatic carbocycles. The summed E-state index contributed by atoms with van der Waals surface area (Å²) in [7, 11) is 0. The number of halogens is 1. The van der Waals surface area contributed by atoms with Gasteiger partial charge in [0.2, 0.25) is 5.91 Å². The Morgan fingerprint density at radius 2 is 2.17 bits per heavy atom. The smallest absolute Gasteiger partial charge is 0.244 e. The van der Waals surface area contributed by atoms with Crippen LogP contribution < -0.4 is 5.32 Å². The molecule has 100 valence electrons. The average Bonchev–Trinajstić information content (AvgIpc) is 2.59. The van der Waals surface area contributed by atoms with Gasteiger partial charge in [-0.2, -0.15) is 5.10 Å². The molecule has 0 aliphatic carbocycles. The highest BCUT2D eigenvalue weighted by Crippen LogP contribution is 2.18. The predicted octanol–water partition coefficient (Wildman–Crippen LogP) is 0.975. The highest BCUT2D eigenvalue weighted by Gasteiger charge is 2.18. The van der Waals surface area contributed by atoms with Gasteiger partial charge < -0.3 is 10.2 Å². The summed E-state index contributed by atoms with van der Waals surface area (Å²) >= 11 is 6.08. The molecule has 1 aliphatic rings. The molecule has 1 aromatic rings. The molecule has 0 saturated carbocycles. The normalized spacial score (nSPS) is 16.7. The average molecular weight is 271 g/mol. The summed E-state index contributed by atoms with van der Waals surface area (Å²) in [6.45, 7) is 7.45. The lowest BCUT2D eigenvalue weighted by molar-refractivity contribution is -0.131. The first kappa shape index (κ1) is 13.4. The van der Waals surface area contributed by atoms with Crippen molar-refractivity contribution in [2.75, 3.05) is 26.2 Å². The van der Waals surface area contributed by atoms with Gasteiger partial charge in [0.15, 0.2) is 0 Å². The lowest BCUT2D eigenvalue weighted by Crippen LogP contribution is -2.36. The molecule has 1 saturated heterocycles. The van der Waals surface area contributed by atoms with E-state index in [9.17, 15) is 4.79 Å². The number of aromatic nitrogens is 2. The fourth-order valence-corrected chi connectivity index (χ4v) is 2.29. The zero-order valence-electron chi connectivity index (χ0n) is 10.9. The van der Waals surface area contributed by atoms with Crippen LogP contribution in [0.2, 0.25) is 5.02 Å². The van der Waals surface area contributed by atoms with Gasteiger partial charge in [-0.15, -0.1) is 0 Å². The van der Waals surface area contributed by atoms with Gasteiger partial charge in [-0.05, 0) is 26.8 Å². The maximum absolute atomic E-state index is 12.2. The summed E-state index contributed by atoms with van der Waals surface area (Å²) in [6, 6.07) is 0. The van der Waals surface area contributed by atoms with Crippen LogP contribution in [0.4, 0.5) is 0 Å². The van der Waals surface area contributed by atoms with Crippen molar-refractivity contribution in [3.63, 3.8) is 0 Å². The summed E-state index contributed by atoms with van der Waals surface area (Å²) in [5, 5.41) is 8.23. The summed E-state index contributed by atoms with van der Waals surface area (Å²) in [5.74, 6) is 0.112. The van der Waals surface area contributed by atoms with Crippen molar-refractivity contribution in [1.29, 1.82) is 0 Å². The molecule has 1 aromatic heterocycles. The molecule has 2 heterocycles. The Balaban J connectivity index is 2.03. The minimum atomic E-state index is 0.112. The van der Waals surface area contributed by atoms with Crippen LogP contribution in [0.5, 0.6) is 0 Å².